The molecule has 0 bridgehead atoms. The lowest BCUT2D eigenvalue weighted by atomic mass is 10.4. The summed E-state index contributed by atoms with van der Waals surface area (Å²) in [6.07, 6.45) is -0.809. The second-order valence-electron chi connectivity index (χ2n) is 2.43. The number of thioether (sulfide) groups is 1. The lowest BCUT2D eigenvalue weighted by molar-refractivity contribution is -0.136. The Hall–Kier alpha value is -1.04. The van der Waals surface area contributed by atoms with Crippen molar-refractivity contribution in [1.29, 1.82) is 0 Å². The molecule has 0 saturated carbocycles. The summed E-state index contributed by atoms with van der Waals surface area (Å²) in [6.45, 7) is 2.74. The highest BCUT2D eigenvalue weighted by molar-refractivity contribution is 8.15. The normalized spacial score (nSPS) is 28.2. The van der Waals surface area contributed by atoms with Crippen molar-refractivity contribution in [3.63, 3.8) is 0 Å². The maximum Gasteiger partial charge on any atom is 0.416 e. The molecule has 0 spiro atoms. The fraction of sp³-hybridized carbons (Fsp3) is 0.500. The summed E-state index contributed by atoms with van der Waals surface area (Å²) < 4.78 is 4.22. The Morgan fingerprint density at radius 3 is 2.50 bits per heavy atom. The largest absolute Gasteiger partial charge is 0.416 e. The van der Waals surface area contributed by atoms with Gasteiger partial charge in [0.15, 0.2) is 9.99 Å². The quantitative estimate of drug-likeness (QED) is 0.472. The summed E-state index contributed by atoms with van der Waals surface area (Å²) in [4.78, 5) is 30.9. The first kappa shape index (κ1) is 9.05. The Kier molecular flexibility index (Phi) is 2.10. The highest BCUT2D eigenvalue weighted by atomic mass is 32.2. The number of ether oxygens (including phenoxy) is 1. The van der Waals surface area contributed by atoms with Crippen molar-refractivity contribution in [1.82, 2.24) is 5.32 Å². The number of carbonyl (C=O) groups is 3. The molecule has 0 radical (unpaired) electrons. The molecule has 5 nitrogen and oxygen atoms in total. The number of nitrogens with one attached hydrogen (secondary N) is 1. The number of esters is 1. The van der Waals surface area contributed by atoms with E-state index in [0.717, 1.165) is 11.8 Å². The molecule has 1 heterocycles. The van der Waals surface area contributed by atoms with E-state index >= 15 is 0 Å². The van der Waals surface area contributed by atoms with Crippen molar-refractivity contribution < 1.29 is 19.1 Å². The molecule has 0 aromatic heterocycles. The van der Waals surface area contributed by atoms with Crippen LogP contribution in [0.25, 0.3) is 0 Å². The number of cyclic esters (lactones) is 2. The molecular formula is C6H7NO4S. The van der Waals surface area contributed by atoms with Gasteiger partial charge >= 0.3 is 12.1 Å². The van der Waals surface area contributed by atoms with Crippen LogP contribution in [0.2, 0.25) is 0 Å². The number of amides is 1. The molecule has 1 rings (SSSR count). The van der Waals surface area contributed by atoms with Crippen LogP contribution < -0.4 is 5.32 Å². The van der Waals surface area contributed by atoms with Crippen molar-refractivity contribution in [3.8, 4) is 0 Å². The SMILES string of the molecule is CC(=O)SC1(C)NC(=O)OC1=O. The predicted octanol–water partition coefficient (Wildman–Crippen LogP) is 0.249. The number of rotatable bonds is 1. The zero-order valence-electron chi connectivity index (χ0n) is 6.54. The lowest BCUT2D eigenvalue weighted by Gasteiger charge is -2.14. The summed E-state index contributed by atoms with van der Waals surface area (Å²) in [7, 11) is 0. The average molecular weight is 189 g/mol. The van der Waals surface area contributed by atoms with Gasteiger partial charge in [-0.25, -0.2) is 9.59 Å². The third-order valence-electron chi connectivity index (χ3n) is 1.26. The van der Waals surface area contributed by atoms with Gasteiger partial charge in [0.1, 0.15) is 0 Å². The molecule has 0 aromatic carbocycles. The molecule has 1 atom stereocenters. The maximum absolute atomic E-state index is 11.0. The third-order valence-corrected chi connectivity index (χ3v) is 2.23. The van der Waals surface area contributed by atoms with Gasteiger partial charge in [0.25, 0.3) is 0 Å². The molecule has 1 aliphatic heterocycles. The Bertz CT molecular complexity index is 264. The van der Waals surface area contributed by atoms with E-state index in [9.17, 15) is 14.4 Å². The minimum absolute atomic E-state index is 0.253. The van der Waals surface area contributed by atoms with Crippen LogP contribution in [0.15, 0.2) is 0 Å². The zero-order valence-corrected chi connectivity index (χ0v) is 7.36. The summed E-state index contributed by atoms with van der Waals surface area (Å²) >= 11 is 0.731. The average Bonchev–Trinajstić information content (AvgIpc) is 2.04. The van der Waals surface area contributed by atoms with Gasteiger partial charge in [0.2, 0.25) is 0 Å². The molecule has 1 aliphatic rings. The zero-order chi connectivity index (χ0) is 9.35. The van der Waals surface area contributed by atoms with E-state index in [1.54, 1.807) is 0 Å². The fourth-order valence-electron chi connectivity index (χ4n) is 0.808. The standard InChI is InChI=1S/C6H7NO4S/c1-3(8)12-6(2)4(9)11-5(10)7-6/h1-2H3,(H,7,10). The summed E-state index contributed by atoms with van der Waals surface area (Å²) in [6, 6.07) is 0. The Labute approximate surface area is 72.8 Å². The topological polar surface area (TPSA) is 72.5 Å². The van der Waals surface area contributed by atoms with Crippen molar-refractivity contribution in [2.24, 2.45) is 0 Å². The summed E-state index contributed by atoms with van der Waals surface area (Å²) in [5.74, 6) is -0.729. The molecule has 1 unspecified atom stereocenters. The summed E-state index contributed by atoms with van der Waals surface area (Å²) in [5, 5.41) is 1.99. The van der Waals surface area contributed by atoms with Crippen LogP contribution in [0.3, 0.4) is 0 Å². The Morgan fingerprint density at radius 2 is 2.17 bits per heavy atom. The van der Waals surface area contributed by atoms with Crippen molar-refractivity contribution in [3.05, 3.63) is 0 Å². The molecule has 66 valence electrons. The number of carbonyl (C=O) groups excluding carboxylic acids is 3. The first-order chi connectivity index (χ1) is 5.44. The molecule has 0 aliphatic carbocycles. The second-order valence-corrected chi connectivity index (χ2v) is 4.02. The number of hydrogen-bond donors (Lipinski definition) is 1. The van der Waals surface area contributed by atoms with Gasteiger partial charge in [-0.3, -0.25) is 10.1 Å². The fourth-order valence-corrected chi connectivity index (χ4v) is 1.64. The van der Waals surface area contributed by atoms with E-state index in [-0.39, 0.29) is 5.12 Å². The minimum atomic E-state index is -1.25. The molecule has 6 heteroatoms. The van der Waals surface area contributed by atoms with Gasteiger partial charge in [0.05, 0.1) is 0 Å². The van der Waals surface area contributed by atoms with Gasteiger partial charge in [-0.1, -0.05) is 0 Å². The van der Waals surface area contributed by atoms with Crippen LogP contribution in [0.1, 0.15) is 13.8 Å². The van der Waals surface area contributed by atoms with Crippen LogP contribution in [-0.4, -0.2) is 22.0 Å². The highest BCUT2D eigenvalue weighted by Gasteiger charge is 2.46. The molecule has 1 fully saturated rings. The van der Waals surface area contributed by atoms with Crippen LogP contribution in [0.4, 0.5) is 4.79 Å². The van der Waals surface area contributed by atoms with Crippen LogP contribution in [0, 0.1) is 0 Å². The van der Waals surface area contributed by atoms with Gasteiger partial charge in [0, 0.05) is 6.92 Å². The minimum Gasteiger partial charge on any atom is -0.374 e. The second kappa shape index (κ2) is 2.78. The highest BCUT2D eigenvalue weighted by Crippen LogP contribution is 2.27. The van der Waals surface area contributed by atoms with Gasteiger partial charge < -0.3 is 4.74 Å². The smallest absolute Gasteiger partial charge is 0.374 e. The van der Waals surface area contributed by atoms with Crippen LogP contribution in [-0.2, 0) is 14.3 Å². The molecule has 1 N–H and O–H groups in total. The van der Waals surface area contributed by atoms with Crippen molar-refractivity contribution >= 4 is 28.9 Å². The Morgan fingerprint density at radius 1 is 1.58 bits per heavy atom. The van der Waals surface area contributed by atoms with Crippen molar-refractivity contribution in [2.75, 3.05) is 0 Å². The third kappa shape index (κ3) is 1.58. The molecular weight excluding hydrogens is 182 g/mol. The van der Waals surface area contributed by atoms with Gasteiger partial charge in [-0.15, -0.1) is 0 Å². The number of alkyl carbamates (subject to hydrolysis) is 1. The van der Waals surface area contributed by atoms with E-state index in [0.29, 0.717) is 0 Å². The van der Waals surface area contributed by atoms with E-state index in [2.05, 4.69) is 10.1 Å². The summed E-state index contributed by atoms with van der Waals surface area (Å²) in [5.41, 5.74) is 0. The van der Waals surface area contributed by atoms with Crippen LogP contribution in [0.5, 0.6) is 0 Å². The maximum atomic E-state index is 11.0. The van der Waals surface area contributed by atoms with E-state index in [4.69, 9.17) is 0 Å². The Balaban J connectivity index is 2.77. The number of hydrogen-bond acceptors (Lipinski definition) is 5. The molecule has 12 heavy (non-hydrogen) atoms. The lowest BCUT2D eigenvalue weighted by Crippen LogP contribution is -2.40. The van der Waals surface area contributed by atoms with Crippen molar-refractivity contribution in [2.45, 2.75) is 18.7 Å². The van der Waals surface area contributed by atoms with Crippen LogP contribution >= 0.6 is 11.8 Å². The van der Waals surface area contributed by atoms with E-state index in [1.807, 2.05) is 0 Å². The van der Waals surface area contributed by atoms with Gasteiger partial charge in [-0.2, -0.15) is 0 Å². The first-order valence-corrected chi connectivity index (χ1v) is 4.00. The predicted molar refractivity (Wildman–Crippen MR) is 41.3 cm³/mol. The molecule has 1 amide bonds. The monoisotopic (exact) mass is 189 g/mol. The van der Waals surface area contributed by atoms with E-state index in [1.165, 1.54) is 13.8 Å². The molecule has 1 saturated heterocycles. The molecule has 0 aromatic rings. The van der Waals surface area contributed by atoms with E-state index < -0.39 is 16.9 Å². The first-order valence-electron chi connectivity index (χ1n) is 3.18. The van der Waals surface area contributed by atoms with Gasteiger partial charge in [-0.05, 0) is 18.7 Å².